The molecule has 0 saturated heterocycles. The van der Waals surface area contributed by atoms with E-state index in [1.165, 1.54) is 32.1 Å². The minimum atomic E-state index is -0.284. The lowest BCUT2D eigenvalue weighted by molar-refractivity contribution is -0.0284. The molecule has 0 radical (unpaired) electrons. The Balaban J connectivity index is 2.33. The van der Waals surface area contributed by atoms with Crippen molar-refractivity contribution in [3.63, 3.8) is 0 Å². The Hall–Kier alpha value is -0.120. The zero-order chi connectivity index (χ0) is 12.7. The van der Waals surface area contributed by atoms with Gasteiger partial charge in [0.15, 0.2) is 0 Å². The number of ether oxygens (including phenoxy) is 1. The van der Waals surface area contributed by atoms with Crippen LogP contribution in [0.15, 0.2) is 0 Å². The van der Waals surface area contributed by atoms with Gasteiger partial charge in [-0.1, -0.05) is 33.1 Å². The summed E-state index contributed by atoms with van der Waals surface area (Å²) in [7, 11) is 0. The topological polar surface area (TPSA) is 41.5 Å². The van der Waals surface area contributed by atoms with E-state index in [0.717, 1.165) is 12.5 Å². The summed E-state index contributed by atoms with van der Waals surface area (Å²) in [6.07, 6.45) is 6.71. The standard InChI is InChI=1S/C14H29NO2/c1-4-12-7-6-8-13(9-12)17-11-14(3,10-16)15-5-2/h12-13,15-16H,4-11H2,1-3H3. The highest BCUT2D eigenvalue weighted by atomic mass is 16.5. The fourth-order valence-electron chi connectivity index (χ4n) is 2.64. The van der Waals surface area contributed by atoms with Crippen LogP contribution in [0.4, 0.5) is 0 Å². The van der Waals surface area contributed by atoms with Gasteiger partial charge >= 0.3 is 0 Å². The molecule has 2 N–H and O–H groups in total. The highest BCUT2D eigenvalue weighted by Crippen LogP contribution is 2.28. The molecule has 1 aliphatic carbocycles. The molecule has 0 heterocycles. The first-order chi connectivity index (χ1) is 8.13. The average molecular weight is 243 g/mol. The maximum atomic E-state index is 9.40. The molecular weight excluding hydrogens is 214 g/mol. The van der Waals surface area contributed by atoms with E-state index in [0.29, 0.717) is 12.7 Å². The van der Waals surface area contributed by atoms with Crippen LogP contribution >= 0.6 is 0 Å². The van der Waals surface area contributed by atoms with Crippen molar-refractivity contribution in [1.82, 2.24) is 5.32 Å². The molecule has 0 amide bonds. The monoisotopic (exact) mass is 243 g/mol. The largest absolute Gasteiger partial charge is 0.394 e. The maximum absolute atomic E-state index is 9.40. The first-order valence-corrected chi connectivity index (χ1v) is 7.11. The smallest absolute Gasteiger partial charge is 0.0671 e. The average Bonchev–Trinajstić information content (AvgIpc) is 2.37. The quantitative estimate of drug-likeness (QED) is 0.721. The van der Waals surface area contributed by atoms with Crippen LogP contribution in [0, 0.1) is 5.92 Å². The molecule has 0 aromatic rings. The second-order valence-corrected chi connectivity index (χ2v) is 5.62. The number of nitrogens with one attached hydrogen (secondary N) is 1. The van der Waals surface area contributed by atoms with Gasteiger partial charge < -0.3 is 15.2 Å². The van der Waals surface area contributed by atoms with Crippen LogP contribution in [0.3, 0.4) is 0 Å². The van der Waals surface area contributed by atoms with E-state index < -0.39 is 0 Å². The summed E-state index contributed by atoms with van der Waals surface area (Å²) in [6, 6.07) is 0. The Kier molecular flexibility index (Phi) is 6.45. The number of hydrogen-bond acceptors (Lipinski definition) is 3. The summed E-state index contributed by atoms with van der Waals surface area (Å²) in [5, 5.41) is 12.7. The van der Waals surface area contributed by atoms with E-state index in [2.05, 4.69) is 19.2 Å². The van der Waals surface area contributed by atoms with E-state index in [4.69, 9.17) is 4.74 Å². The third kappa shape index (κ3) is 4.94. The molecule has 0 spiro atoms. The summed E-state index contributed by atoms with van der Waals surface area (Å²) in [4.78, 5) is 0. The van der Waals surface area contributed by atoms with Crippen LogP contribution in [0.5, 0.6) is 0 Å². The van der Waals surface area contributed by atoms with Gasteiger partial charge in [0.1, 0.15) is 0 Å². The predicted octanol–water partition coefficient (Wildman–Crippen LogP) is 2.33. The van der Waals surface area contributed by atoms with Crippen LogP contribution in [-0.2, 0) is 4.74 Å². The van der Waals surface area contributed by atoms with Crippen molar-refractivity contribution < 1.29 is 9.84 Å². The predicted molar refractivity (Wildman–Crippen MR) is 71.2 cm³/mol. The second kappa shape index (κ2) is 7.34. The maximum Gasteiger partial charge on any atom is 0.0671 e. The van der Waals surface area contributed by atoms with Crippen molar-refractivity contribution in [3.05, 3.63) is 0 Å². The van der Waals surface area contributed by atoms with Gasteiger partial charge in [0, 0.05) is 0 Å². The normalized spacial score (nSPS) is 28.9. The lowest BCUT2D eigenvalue weighted by Crippen LogP contribution is -2.50. The highest BCUT2D eigenvalue weighted by molar-refractivity contribution is 4.83. The van der Waals surface area contributed by atoms with Crippen molar-refractivity contribution in [2.75, 3.05) is 19.8 Å². The third-order valence-electron chi connectivity index (χ3n) is 3.90. The number of hydrogen-bond donors (Lipinski definition) is 2. The zero-order valence-electron chi connectivity index (χ0n) is 11.7. The van der Waals surface area contributed by atoms with Crippen LogP contribution < -0.4 is 5.32 Å². The van der Waals surface area contributed by atoms with Crippen molar-refractivity contribution in [2.24, 2.45) is 5.92 Å². The summed E-state index contributed by atoms with van der Waals surface area (Å²) < 4.78 is 6.00. The summed E-state index contributed by atoms with van der Waals surface area (Å²) in [5.74, 6) is 0.841. The number of rotatable bonds is 7. The van der Waals surface area contributed by atoms with Gasteiger partial charge in [-0.2, -0.15) is 0 Å². The minimum absolute atomic E-state index is 0.130. The highest BCUT2D eigenvalue weighted by Gasteiger charge is 2.26. The Labute approximate surface area is 106 Å². The number of aliphatic hydroxyl groups is 1. The molecule has 1 aliphatic rings. The molecule has 17 heavy (non-hydrogen) atoms. The van der Waals surface area contributed by atoms with E-state index in [1.807, 2.05) is 6.92 Å². The first kappa shape index (κ1) is 14.9. The van der Waals surface area contributed by atoms with Gasteiger partial charge in [-0.3, -0.25) is 0 Å². The molecule has 0 aliphatic heterocycles. The lowest BCUT2D eigenvalue weighted by atomic mass is 9.85. The second-order valence-electron chi connectivity index (χ2n) is 5.62. The summed E-state index contributed by atoms with van der Waals surface area (Å²) in [5.41, 5.74) is -0.284. The molecule has 3 unspecified atom stereocenters. The Morgan fingerprint density at radius 3 is 2.71 bits per heavy atom. The summed E-state index contributed by atoms with van der Waals surface area (Å²) >= 11 is 0. The van der Waals surface area contributed by atoms with Crippen molar-refractivity contribution >= 4 is 0 Å². The van der Waals surface area contributed by atoms with Crippen molar-refractivity contribution in [1.29, 1.82) is 0 Å². The fourth-order valence-corrected chi connectivity index (χ4v) is 2.64. The fraction of sp³-hybridized carbons (Fsp3) is 1.00. The Bertz CT molecular complexity index is 210. The van der Waals surface area contributed by atoms with Gasteiger partial charge in [-0.15, -0.1) is 0 Å². The van der Waals surface area contributed by atoms with E-state index in [-0.39, 0.29) is 12.1 Å². The molecule has 1 saturated carbocycles. The minimum Gasteiger partial charge on any atom is -0.394 e. The van der Waals surface area contributed by atoms with E-state index in [1.54, 1.807) is 0 Å². The van der Waals surface area contributed by atoms with Gasteiger partial charge in [-0.25, -0.2) is 0 Å². The van der Waals surface area contributed by atoms with E-state index in [9.17, 15) is 5.11 Å². The van der Waals surface area contributed by atoms with Crippen molar-refractivity contribution in [2.45, 2.75) is 64.5 Å². The molecule has 1 rings (SSSR count). The zero-order valence-corrected chi connectivity index (χ0v) is 11.7. The van der Waals surface area contributed by atoms with Crippen LogP contribution in [0.25, 0.3) is 0 Å². The van der Waals surface area contributed by atoms with Gasteiger partial charge in [0.25, 0.3) is 0 Å². The molecule has 3 nitrogen and oxygen atoms in total. The molecule has 3 atom stereocenters. The molecule has 0 aromatic carbocycles. The van der Waals surface area contributed by atoms with E-state index >= 15 is 0 Å². The van der Waals surface area contributed by atoms with Gasteiger partial charge in [0.2, 0.25) is 0 Å². The molecule has 102 valence electrons. The van der Waals surface area contributed by atoms with Crippen LogP contribution in [0.1, 0.15) is 52.9 Å². The summed E-state index contributed by atoms with van der Waals surface area (Å²) in [6.45, 7) is 7.95. The van der Waals surface area contributed by atoms with Crippen LogP contribution in [0.2, 0.25) is 0 Å². The third-order valence-corrected chi connectivity index (χ3v) is 3.90. The van der Waals surface area contributed by atoms with Crippen LogP contribution in [-0.4, -0.2) is 36.5 Å². The molecular formula is C14H29NO2. The van der Waals surface area contributed by atoms with Gasteiger partial charge in [-0.05, 0) is 32.2 Å². The number of likely N-dealkylation sites (N-methyl/N-ethyl adjacent to an activating group) is 1. The van der Waals surface area contributed by atoms with Gasteiger partial charge in [0.05, 0.1) is 24.9 Å². The number of aliphatic hydroxyl groups excluding tert-OH is 1. The Morgan fingerprint density at radius 1 is 1.35 bits per heavy atom. The lowest BCUT2D eigenvalue weighted by Gasteiger charge is -2.33. The van der Waals surface area contributed by atoms with Crippen molar-refractivity contribution in [3.8, 4) is 0 Å². The molecule has 0 bridgehead atoms. The molecule has 0 aromatic heterocycles. The first-order valence-electron chi connectivity index (χ1n) is 7.11. The molecule has 3 heteroatoms. The SMILES string of the molecule is CCNC(C)(CO)COC1CCCC(CC)C1. The Morgan fingerprint density at radius 2 is 2.12 bits per heavy atom. The molecule has 1 fully saturated rings.